The molecule has 2 N–H and O–H groups in total. The third-order valence-corrected chi connectivity index (χ3v) is 5.56. The standard InChI is InChI=1S/C22H28N6O/c1-2-3-11-28-19-9-5-4-8-18(19)25-20(28)16-26-12-14-27(15-13-26)22-17(21(23)29)7-6-10-24-22/h4-10H,2-3,11-16H2,1H3,(H2,23,29). The second kappa shape index (κ2) is 8.61. The lowest BCUT2D eigenvalue weighted by atomic mass is 10.2. The minimum atomic E-state index is -0.430. The molecular formula is C22H28N6O. The number of nitrogens with zero attached hydrogens (tertiary/aromatic N) is 5. The van der Waals surface area contributed by atoms with Gasteiger partial charge in [-0.1, -0.05) is 25.5 Å². The molecule has 1 aliphatic heterocycles. The van der Waals surface area contributed by atoms with E-state index in [1.54, 1.807) is 18.3 Å². The minimum absolute atomic E-state index is 0.430. The number of nitrogens with two attached hydrogens (primary N) is 1. The zero-order valence-electron chi connectivity index (χ0n) is 16.9. The summed E-state index contributed by atoms with van der Waals surface area (Å²) >= 11 is 0. The molecule has 152 valence electrons. The summed E-state index contributed by atoms with van der Waals surface area (Å²) in [6.07, 6.45) is 4.03. The van der Waals surface area contributed by atoms with E-state index in [9.17, 15) is 4.79 Å². The van der Waals surface area contributed by atoms with Crippen molar-refractivity contribution in [2.75, 3.05) is 31.1 Å². The van der Waals surface area contributed by atoms with Crippen molar-refractivity contribution in [2.45, 2.75) is 32.9 Å². The van der Waals surface area contributed by atoms with Crippen LogP contribution in [-0.4, -0.2) is 51.5 Å². The quantitative estimate of drug-likeness (QED) is 0.669. The molecule has 3 heterocycles. The average Bonchev–Trinajstić information content (AvgIpc) is 3.09. The Kier molecular flexibility index (Phi) is 5.76. The SMILES string of the molecule is CCCCn1c(CN2CCN(c3ncccc3C(N)=O)CC2)nc2ccccc21. The van der Waals surface area contributed by atoms with Crippen LogP contribution >= 0.6 is 0 Å². The lowest BCUT2D eigenvalue weighted by Crippen LogP contribution is -2.47. The smallest absolute Gasteiger partial charge is 0.252 e. The summed E-state index contributed by atoms with van der Waals surface area (Å²) in [5.41, 5.74) is 8.29. The molecule has 1 aromatic carbocycles. The Morgan fingerprint density at radius 3 is 2.66 bits per heavy atom. The summed E-state index contributed by atoms with van der Waals surface area (Å²) in [7, 11) is 0. The lowest BCUT2D eigenvalue weighted by Gasteiger charge is -2.35. The van der Waals surface area contributed by atoms with Gasteiger partial charge in [-0.2, -0.15) is 0 Å². The fourth-order valence-electron chi connectivity index (χ4n) is 3.97. The predicted molar refractivity (Wildman–Crippen MR) is 115 cm³/mol. The van der Waals surface area contributed by atoms with Crippen molar-refractivity contribution in [3.8, 4) is 0 Å². The second-order valence-electron chi connectivity index (χ2n) is 7.52. The molecule has 0 bridgehead atoms. The summed E-state index contributed by atoms with van der Waals surface area (Å²) in [5, 5.41) is 0. The number of aromatic nitrogens is 3. The first kappa shape index (κ1) is 19.4. The number of hydrogen-bond acceptors (Lipinski definition) is 5. The lowest BCUT2D eigenvalue weighted by molar-refractivity contribution is 0.1000. The van der Waals surface area contributed by atoms with Crippen LogP contribution in [0.5, 0.6) is 0 Å². The number of carbonyl (C=O) groups is 1. The molecule has 1 aliphatic rings. The molecule has 4 rings (SSSR count). The van der Waals surface area contributed by atoms with Crippen molar-refractivity contribution in [2.24, 2.45) is 5.73 Å². The fraction of sp³-hybridized carbons (Fsp3) is 0.409. The van der Waals surface area contributed by atoms with Gasteiger partial charge in [-0.05, 0) is 30.7 Å². The summed E-state index contributed by atoms with van der Waals surface area (Å²) in [4.78, 5) is 25.6. The summed E-state index contributed by atoms with van der Waals surface area (Å²) in [6.45, 7) is 7.46. The van der Waals surface area contributed by atoms with E-state index >= 15 is 0 Å². The zero-order valence-corrected chi connectivity index (χ0v) is 16.9. The second-order valence-corrected chi connectivity index (χ2v) is 7.52. The Labute approximate surface area is 171 Å². The van der Waals surface area contributed by atoms with Gasteiger partial charge in [0.1, 0.15) is 11.6 Å². The van der Waals surface area contributed by atoms with Crippen molar-refractivity contribution in [3.05, 3.63) is 54.0 Å². The molecule has 7 nitrogen and oxygen atoms in total. The number of anilines is 1. The molecule has 1 amide bonds. The number of unbranched alkanes of at least 4 members (excludes halogenated alkanes) is 1. The van der Waals surface area contributed by atoms with Gasteiger partial charge in [-0.25, -0.2) is 9.97 Å². The van der Waals surface area contributed by atoms with Gasteiger partial charge in [0.05, 0.1) is 23.1 Å². The van der Waals surface area contributed by atoms with Crippen LogP contribution in [0, 0.1) is 0 Å². The monoisotopic (exact) mass is 392 g/mol. The molecular weight excluding hydrogens is 364 g/mol. The van der Waals surface area contributed by atoms with Crippen molar-refractivity contribution in [1.82, 2.24) is 19.4 Å². The number of imidazole rings is 1. The van der Waals surface area contributed by atoms with Crippen molar-refractivity contribution in [1.29, 1.82) is 0 Å². The number of fused-ring (bicyclic) bond motifs is 1. The maximum atomic E-state index is 11.7. The first-order valence-corrected chi connectivity index (χ1v) is 10.3. The Morgan fingerprint density at radius 1 is 1.10 bits per heavy atom. The zero-order chi connectivity index (χ0) is 20.2. The first-order valence-electron chi connectivity index (χ1n) is 10.3. The van der Waals surface area contributed by atoms with E-state index in [2.05, 4.69) is 44.5 Å². The highest BCUT2D eigenvalue weighted by atomic mass is 16.1. The number of pyridine rings is 1. The van der Waals surface area contributed by atoms with Gasteiger partial charge < -0.3 is 15.2 Å². The molecule has 0 saturated carbocycles. The Bertz CT molecular complexity index is 990. The third kappa shape index (κ3) is 4.10. The molecule has 0 radical (unpaired) electrons. The molecule has 3 aromatic rings. The van der Waals surface area contributed by atoms with E-state index in [0.717, 1.165) is 63.5 Å². The Morgan fingerprint density at radius 2 is 1.90 bits per heavy atom. The van der Waals surface area contributed by atoms with E-state index in [4.69, 9.17) is 10.7 Å². The molecule has 29 heavy (non-hydrogen) atoms. The molecule has 0 spiro atoms. The van der Waals surface area contributed by atoms with E-state index < -0.39 is 5.91 Å². The molecule has 0 unspecified atom stereocenters. The van der Waals surface area contributed by atoms with Gasteiger partial charge in [0.2, 0.25) is 0 Å². The van der Waals surface area contributed by atoms with E-state index in [-0.39, 0.29) is 0 Å². The van der Waals surface area contributed by atoms with Crippen LogP contribution in [0.25, 0.3) is 11.0 Å². The predicted octanol–water partition coefficient (Wildman–Crippen LogP) is 2.65. The van der Waals surface area contributed by atoms with Gasteiger partial charge in [0, 0.05) is 38.9 Å². The van der Waals surface area contributed by atoms with E-state index in [0.29, 0.717) is 11.4 Å². The van der Waals surface area contributed by atoms with Gasteiger partial charge in [0.15, 0.2) is 0 Å². The van der Waals surface area contributed by atoms with Gasteiger partial charge >= 0.3 is 0 Å². The number of para-hydroxylation sites is 2. The maximum Gasteiger partial charge on any atom is 0.252 e. The van der Waals surface area contributed by atoms with Gasteiger partial charge in [-0.3, -0.25) is 9.69 Å². The molecule has 1 fully saturated rings. The highest BCUT2D eigenvalue weighted by molar-refractivity contribution is 5.97. The highest BCUT2D eigenvalue weighted by Gasteiger charge is 2.23. The average molecular weight is 393 g/mol. The van der Waals surface area contributed by atoms with E-state index in [1.165, 1.54) is 5.52 Å². The number of piperazine rings is 1. The fourth-order valence-corrected chi connectivity index (χ4v) is 3.97. The highest BCUT2D eigenvalue weighted by Crippen LogP contribution is 2.21. The number of rotatable bonds is 7. The summed E-state index contributed by atoms with van der Waals surface area (Å²) in [6, 6.07) is 11.9. The van der Waals surface area contributed by atoms with Crippen LogP contribution in [0.15, 0.2) is 42.6 Å². The molecule has 7 heteroatoms. The molecule has 0 atom stereocenters. The minimum Gasteiger partial charge on any atom is -0.365 e. The van der Waals surface area contributed by atoms with Crippen molar-refractivity contribution in [3.63, 3.8) is 0 Å². The first-order chi connectivity index (χ1) is 14.2. The van der Waals surface area contributed by atoms with Crippen molar-refractivity contribution < 1.29 is 4.79 Å². The largest absolute Gasteiger partial charge is 0.365 e. The maximum absolute atomic E-state index is 11.7. The summed E-state index contributed by atoms with van der Waals surface area (Å²) < 4.78 is 2.37. The number of benzene rings is 1. The third-order valence-electron chi connectivity index (χ3n) is 5.56. The van der Waals surface area contributed by atoms with Crippen LogP contribution in [0.3, 0.4) is 0 Å². The van der Waals surface area contributed by atoms with Crippen LogP contribution in [-0.2, 0) is 13.1 Å². The molecule has 2 aromatic heterocycles. The van der Waals surface area contributed by atoms with Crippen LogP contribution in [0.2, 0.25) is 0 Å². The number of primary amides is 1. The number of amides is 1. The number of carbonyl (C=O) groups excluding carboxylic acids is 1. The van der Waals surface area contributed by atoms with Gasteiger partial charge in [0.25, 0.3) is 5.91 Å². The molecule has 0 aliphatic carbocycles. The Hall–Kier alpha value is -2.93. The van der Waals surface area contributed by atoms with Crippen LogP contribution in [0.1, 0.15) is 35.9 Å². The van der Waals surface area contributed by atoms with Crippen LogP contribution < -0.4 is 10.6 Å². The van der Waals surface area contributed by atoms with Crippen LogP contribution in [0.4, 0.5) is 5.82 Å². The van der Waals surface area contributed by atoms with E-state index in [1.807, 2.05) is 6.07 Å². The normalized spacial score (nSPS) is 15.1. The van der Waals surface area contributed by atoms with Gasteiger partial charge in [-0.15, -0.1) is 0 Å². The number of aryl methyl sites for hydroxylation is 1. The summed E-state index contributed by atoms with van der Waals surface area (Å²) in [5.74, 6) is 1.39. The van der Waals surface area contributed by atoms with Crippen molar-refractivity contribution >= 4 is 22.8 Å². The number of hydrogen-bond donors (Lipinski definition) is 1. The Balaban J connectivity index is 1.47. The molecule has 1 saturated heterocycles. The topological polar surface area (TPSA) is 80.3 Å².